The fraction of sp³-hybridized carbons (Fsp3) is 0.0714. The van der Waals surface area contributed by atoms with Crippen molar-refractivity contribution in [1.29, 1.82) is 0 Å². The number of nitrogens with two attached hydrogens (primary N) is 1. The Morgan fingerprint density at radius 2 is 2.05 bits per heavy atom. The second-order valence-corrected chi connectivity index (χ2v) is 6.29. The van der Waals surface area contributed by atoms with Gasteiger partial charge in [0.1, 0.15) is 6.26 Å². The van der Waals surface area contributed by atoms with Gasteiger partial charge in [0.05, 0.1) is 10.6 Å². The van der Waals surface area contributed by atoms with E-state index < -0.39 is 10.0 Å². The van der Waals surface area contributed by atoms with Crippen molar-refractivity contribution in [2.45, 2.75) is 11.8 Å². The van der Waals surface area contributed by atoms with Crippen LogP contribution >= 0.6 is 0 Å². The van der Waals surface area contributed by atoms with Gasteiger partial charge in [-0.1, -0.05) is 18.2 Å². The van der Waals surface area contributed by atoms with Gasteiger partial charge in [-0.3, -0.25) is 0 Å². The number of anilines is 2. The molecule has 108 valence electrons. The number of nitrogen functional groups attached to an aromatic ring is 1. The third kappa shape index (κ3) is 2.55. The van der Waals surface area contributed by atoms with Crippen LogP contribution < -0.4 is 10.5 Å². The van der Waals surface area contributed by atoms with E-state index >= 15 is 0 Å². The molecule has 3 rings (SSSR count). The molecule has 1 heterocycles. The molecule has 2 aromatic carbocycles. The Bertz CT molecular complexity index is 916. The van der Waals surface area contributed by atoms with Crippen LogP contribution in [0.1, 0.15) is 5.69 Å². The van der Waals surface area contributed by atoms with E-state index in [0.717, 1.165) is 5.39 Å². The Labute approximate surface area is 121 Å². The Balaban J connectivity index is 2.10. The molecule has 0 aliphatic rings. The van der Waals surface area contributed by atoms with Crippen molar-refractivity contribution in [1.82, 2.24) is 4.98 Å². The summed E-state index contributed by atoms with van der Waals surface area (Å²) in [7, 11) is -3.79. The molecular formula is C14H13N3O3S. The summed E-state index contributed by atoms with van der Waals surface area (Å²) in [6.07, 6.45) is 1.38. The number of nitrogens with one attached hydrogen (secondary N) is 1. The number of benzene rings is 2. The molecule has 0 aliphatic carbocycles. The lowest BCUT2D eigenvalue weighted by molar-refractivity contribution is 0.569. The molecule has 0 aliphatic heterocycles. The van der Waals surface area contributed by atoms with E-state index in [2.05, 4.69) is 9.71 Å². The first kappa shape index (κ1) is 13.4. The van der Waals surface area contributed by atoms with Crippen molar-refractivity contribution in [3.05, 3.63) is 48.4 Å². The van der Waals surface area contributed by atoms with E-state index in [4.69, 9.17) is 10.2 Å². The highest BCUT2D eigenvalue weighted by molar-refractivity contribution is 7.93. The van der Waals surface area contributed by atoms with Crippen molar-refractivity contribution in [2.75, 3.05) is 10.5 Å². The first-order valence-electron chi connectivity index (χ1n) is 6.19. The predicted molar refractivity (Wildman–Crippen MR) is 80.4 cm³/mol. The Hall–Kier alpha value is -2.54. The van der Waals surface area contributed by atoms with Crippen LogP contribution in [0.5, 0.6) is 0 Å². The molecule has 0 bridgehead atoms. The highest BCUT2D eigenvalue weighted by Crippen LogP contribution is 2.26. The smallest absolute Gasteiger partial charge is 0.309 e. The maximum absolute atomic E-state index is 12.5. The van der Waals surface area contributed by atoms with Gasteiger partial charge in [-0.25, -0.2) is 13.1 Å². The Morgan fingerprint density at radius 1 is 1.24 bits per heavy atom. The lowest BCUT2D eigenvalue weighted by atomic mass is 10.1. The lowest BCUT2D eigenvalue weighted by Gasteiger charge is -2.08. The molecule has 0 radical (unpaired) electrons. The zero-order valence-electron chi connectivity index (χ0n) is 11.2. The van der Waals surface area contributed by atoms with Gasteiger partial charge in [-0.2, -0.15) is 4.98 Å². The zero-order chi connectivity index (χ0) is 15.0. The summed E-state index contributed by atoms with van der Waals surface area (Å²) >= 11 is 0. The number of fused-ring (bicyclic) bond motifs is 1. The minimum absolute atomic E-state index is 0.0556. The average Bonchev–Trinajstić information content (AvgIpc) is 2.82. The molecule has 21 heavy (non-hydrogen) atoms. The second kappa shape index (κ2) is 4.78. The average molecular weight is 303 g/mol. The van der Waals surface area contributed by atoms with Crippen molar-refractivity contribution in [3.8, 4) is 0 Å². The molecule has 0 saturated heterocycles. The van der Waals surface area contributed by atoms with E-state index in [1.807, 2.05) is 0 Å². The first-order chi connectivity index (χ1) is 9.95. The summed E-state index contributed by atoms with van der Waals surface area (Å²) in [6, 6.07) is 10.0. The van der Waals surface area contributed by atoms with Crippen LogP contribution in [0, 0.1) is 6.92 Å². The Kier molecular flexibility index (Phi) is 3.06. The van der Waals surface area contributed by atoms with E-state index in [0.29, 0.717) is 16.8 Å². The van der Waals surface area contributed by atoms with Gasteiger partial charge < -0.3 is 10.2 Å². The van der Waals surface area contributed by atoms with E-state index in [1.165, 1.54) is 12.3 Å². The number of sulfonamides is 1. The number of hydrogen-bond acceptors (Lipinski definition) is 5. The molecule has 0 saturated carbocycles. The topological polar surface area (TPSA) is 98.2 Å². The fourth-order valence-electron chi connectivity index (χ4n) is 2.08. The van der Waals surface area contributed by atoms with Crippen LogP contribution in [-0.4, -0.2) is 13.4 Å². The minimum atomic E-state index is -3.79. The quantitative estimate of drug-likeness (QED) is 0.724. The van der Waals surface area contributed by atoms with Gasteiger partial charge in [0, 0.05) is 11.1 Å². The van der Waals surface area contributed by atoms with Gasteiger partial charge >= 0.3 is 6.01 Å². The van der Waals surface area contributed by atoms with Crippen LogP contribution in [0.15, 0.2) is 52.0 Å². The second-order valence-electron chi connectivity index (χ2n) is 4.64. The van der Waals surface area contributed by atoms with E-state index in [9.17, 15) is 8.42 Å². The van der Waals surface area contributed by atoms with Crippen LogP contribution in [0.4, 0.5) is 11.7 Å². The summed E-state index contributed by atoms with van der Waals surface area (Å²) in [6.45, 7) is 1.71. The summed E-state index contributed by atoms with van der Waals surface area (Å²) in [5.74, 6) is 0. The van der Waals surface area contributed by atoms with Crippen LogP contribution in [-0.2, 0) is 10.0 Å². The van der Waals surface area contributed by atoms with Gasteiger partial charge in [0.15, 0.2) is 0 Å². The number of hydrogen-bond donors (Lipinski definition) is 2. The van der Waals surface area contributed by atoms with Gasteiger partial charge in [0.25, 0.3) is 10.0 Å². The SMILES string of the molecule is Cc1coc(NS(=O)(=O)c2cccc3cc(N)ccc23)n1. The third-order valence-electron chi connectivity index (χ3n) is 2.99. The molecule has 6 nitrogen and oxygen atoms in total. The third-order valence-corrected chi connectivity index (χ3v) is 4.37. The van der Waals surface area contributed by atoms with Crippen LogP contribution in [0.3, 0.4) is 0 Å². The first-order valence-corrected chi connectivity index (χ1v) is 7.67. The molecule has 0 amide bonds. The van der Waals surface area contributed by atoms with Gasteiger partial charge in [-0.15, -0.1) is 0 Å². The minimum Gasteiger partial charge on any atom is -0.431 e. The highest BCUT2D eigenvalue weighted by atomic mass is 32.2. The zero-order valence-corrected chi connectivity index (χ0v) is 12.0. The summed E-state index contributed by atoms with van der Waals surface area (Å²) in [5.41, 5.74) is 6.89. The monoisotopic (exact) mass is 303 g/mol. The van der Waals surface area contributed by atoms with Crippen molar-refractivity contribution < 1.29 is 12.8 Å². The summed E-state index contributed by atoms with van der Waals surface area (Å²) in [5, 5.41) is 1.34. The van der Waals surface area contributed by atoms with Crippen molar-refractivity contribution in [3.63, 3.8) is 0 Å². The molecular weight excluding hydrogens is 290 g/mol. The number of aromatic nitrogens is 1. The molecule has 3 aromatic rings. The molecule has 0 fully saturated rings. The highest BCUT2D eigenvalue weighted by Gasteiger charge is 2.19. The molecule has 1 aromatic heterocycles. The largest absolute Gasteiger partial charge is 0.431 e. The standard InChI is InChI=1S/C14H13N3O3S/c1-9-8-20-14(16-9)17-21(18,19)13-4-2-3-10-7-11(15)5-6-12(10)13/h2-8H,15H2,1H3,(H,16,17). The molecule has 3 N–H and O–H groups in total. The van der Waals surface area contributed by atoms with E-state index in [1.54, 1.807) is 37.3 Å². The maximum atomic E-state index is 12.5. The van der Waals surface area contributed by atoms with Crippen molar-refractivity contribution >= 4 is 32.5 Å². The summed E-state index contributed by atoms with van der Waals surface area (Å²) < 4.78 is 32.3. The molecule has 7 heteroatoms. The normalized spacial score (nSPS) is 11.7. The molecule has 0 spiro atoms. The fourth-order valence-corrected chi connectivity index (χ4v) is 3.24. The predicted octanol–water partition coefficient (Wildman–Crippen LogP) is 2.52. The van der Waals surface area contributed by atoms with E-state index in [-0.39, 0.29) is 10.9 Å². The summed E-state index contributed by atoms with van der Waals surface area (Å²) in [4.78, 5) is 4.09. The lowest BCUT2D eigenvalue weighted by Crippen LogP contribution is -2.13. The number of rotatable bonds is 3. The number of oxazole rings is 1. The van der Waals surface area contributed by atoms with Crippen LogP contribution in [0.2, 0.25) is 0 Å². The number of aryl methyl sites for hydroxylation is 1. The Morgan fingerprint density at radius 3 is 2.76 bits per heavy atom. The number of nitrogens with zero attached hydrogens (tertiary/aromatic N) is 1. The van der Waals surface area contributed by atoms with Crippen molar-refractivity contribution in [2.24, 2.45) is 0 Å². The molecule has 0 atom stereocenters. The maximum Gasteiger partial charge on any atom is 0.309 e. The van der Waals surface area contributed by atoms with Crippen LogP contribution in [0.25, 0.3) is 10.8 Å². The van der Waals surface area contributed by atoms with Gasteiger partial charge in [0.2, 0.25) is 0 Å². The molecule has 0 unspecified atom stereocenters. The van der Waals surface area contributed by atoms with Gasteiger partial charge in [-0.05, 0) is 30.5 Å².